The standard InChI is InChI=1S/C24H21N3O5/c1-15-23(20-5-3-4-6-22(20)31-2)24(26-25-15)19-12-11-18(13-21(19)28)32-14-16-7-9-17(10-8-16)27(29)30/h3-13,28H,14H2,1-2H3,(H,25,26). The maximum Gasteiger partial charge on any atom is 0.269 e. The molecule has 0 amide bonds. The first kappa shape index (κ1) is 20.9. The van der Waals surface area contributed by atoms with Crippen molar-refractivity contribution in [2.75, 3.05) is 7.11 Å². The van der Waals surface area contributed by atoms with Crippen molar-refractivity contribution >= 4 is 5.69 Å². The van der Waals surface area contributed by atoms with Gasteiger partial charge in [-0.05, 0) is 42.8 Å². The Morgan fingerprint density at radius 3 is 2.50 bits per heavy atom. The van der Waals surface area contributed by atoms with E-state index in [0.29, 0.717) is 22.8 Å². The summed E-state index contributed by atoms with van der Waals surface area (Å²) in [6.07, 6.45) is 0. The lowest BCUT2D eigenvalue weighted by molar-refractivity contribution is -0.384. The van der Waals surface area contributed by atoms with Gasteiger partial charge in [0.25, 0.3) is 5.69 Å². The SMILES string of the molecule is COc1ccccc1-c1c(-c2ccc(OCc3ccc([N+](=O)[O-])cc3)cc2O)n[nH]c1C. The quantitative estimate of drug-likeness (QED) is 0.305. The molecule has 0 atom stereocenters. The van der Waals surface area contributed by atoms with E-state index in [1.807, 2.05) is 31.2 Å². The minimum absolute atomic E-state index is 0.0221. The number of aromatic hydroxyl groups is 1. The number of benzene rings is 3. The summed E-state index contributed by atoms with van der Waals surface area (Å²) in [4.78, 5) is 10.3. The molecular weight excluding hydrogens is 410 g/mol. The van der Waals surface area contributed by atoms with Gasteiger partial charge in [0.05, 0.1) is 12.0 Å². The van der Waals surface area contributed by atoms with Crippen LogP contribution in [-0.2, 0) is 6.61 Å². The Balaban J connectivity index is 1.59. The van der Waals surface area contributed by atoms with Gasteiger partial charge < -0.3 is 14.6 Å². The molecule has 0 fully saturated rings. The Morgan fingerprint density at radius 1 is 1.06 bits per heavy atom. The Labute approximate surface area is 184 Å². The first-order valence-corrected chi connectivity index (χ1v) is 9.86. The number of rotatable bonds is 7. The van der Waals surface area contributed by atoms with Crippen molar-refractivity contribution in [2.45, 2.75) is 13.5 Å². The van der Waals surface area contributed by atoms with Crippen LogP contribution in [0.1, 0.15) is 11.3 Å². The van der Waals surface area contributed by atoms with E-state index in [0.717, 1.165) is 22.4 Å². The van der Waals surface area contributed by atoms with Gasteiger partial charge >= 0.3 is 0 Å². The van der Waals surface area contributed by atoms with Gasteiger partial charge in [-0.25, -0.2) is 0 Å². The summed E-state index contributed by atoms with van der Waals surface area (Å²) in [6, 6.07) is 18.8. The van der Waals surface area contributed by atoms with Crippen LogP contribution in [0.4, 0.5) is 5.69 Å². The smallest absolute Gasteiger partial charge is 0.269 e. The Morgan fingerprint density at radius 2 is 1.81 bits per heavy atom. The van der Waals surface area contributed by atoms with E-state index < -0.39 is 4.92 Å². The average Bonchev–Trinajstić information content (AvgIpc) is 3.18. The molecular formula is C24H21N3O5. The molecule has 4 rings (SSSR count). The molecule has 0 bridgehead atoms. The summed E-state index contributed by atoms with van der Waals surface area (Å²) in [5.41, 5.74) is 4.52. The first-order valence-electron chi connectivity index (χ1n) is 9.86. The van der Waals surface area contributed by atoms with E-state index in [1.165, 1.54) is 18.2 Å². The van der Waals surface area contributed by atoms with E-state index in [4.69, 9.17) is 9.47 Å². The number of aromatic nitrogens is 2. The maximum atomic E-state index is 10.8. The average molecular weight is 431 g/mol. The third-order valence-electron chi connectivity index (χ3n) is 5.10. The normalized spacial score (nSPS) is 10.7. The van der Waals surface area contributed by atoms with Crippen LogP contribution in [-0.4, -0.2) is 27.3 Å². The minimum Gasteiger partial charge on any atom is -0.507 e. The third kappa shape index (κ3) is 4.11. The molecule has 3 aromatic carbocycles. The molecule has 1 heterocycles. The van der Waals surface area contributed by atoms with Crippen LogP contribution in [0.25, 0.3) is 22.4 Å². The number of nitrogens with one attached hydrogen (secondary N) is 1. The number of hydrogen-bond donors (Lipinski definition) is 2. The predicted octanol–water partition coefficient (Wildman–Crippen LogP) is 5.25. The van der Waals surface area contributed by atoms with Gasteiger partial charge in [0.15, 0.2) is 0 Å². The molecule has 0 unspecified atom stereocenters. The van der Waals surface area contributed by atoms with Gasteiger partial charge in [-0.3, -0.25) is 15.2 Å². The number of nitro groups is 1. The van der Waals surface area contributed by atoms with Crippen molar-refractivity contribution in [3.8, 4) is 39.6 Å². The van der Waals surface area contributed by atoms with Gasteiger partial charge in [0.2, 0.25) is 0 Å². The number of hydrogen-bond acceptors (Lipinski definition) is 6. The summed E-state index contributed by atoms with van der Waals surface area (Å²) in [7, 11) is 1.61. The molecule has 0 saturated heterocycles. The highest BCUT2D eigenvalue weighted by Crippen LogP contribution is 2.41. The molecule has 2 N–H and O–H groups in total. The molecule has 1 aromatic heterocycles. The van der Waals surface area contributed by atoms with Crippen LogP contribution in [0.5, 0.6) is 17.2 Å². The third-order valence-corrected chi connectivity index (χ3v) is 5.10. The summed E-state index contributed by atoms with van der Waals surface area (Å²) in [5.74, 6) is 1.20. The summed E-state index contributed by atoms with van der Waals surface area (Å²) in [6.45, 7) is 2.13. The molecule has 0 aliphatic heterocycles. The fourth-order valence-electron chi connectivity index (χ4n) is 3.49. The number of para-hydroxylation sites is 1. The van der Waals surface area contributed by atoms with E-state index in [-0.39, 0.29) is 18.0 Å². The van der Waals surface area contributed by atoms with Crippen LogP contribution in [0.3, 0.4) is 0 Å². The molecule has 162 valence electrons. The molecule has 0 radical (unpaired) electrons. The largest absolute Gasteiger partial charge is 0.507 e. The van der Waals surface area contributed by atoms with Crippen LogP contribution in [0, 0.1) is 17.0 Å². The number of aryl methyl sites for hydroxylation is 1. The van der Waals surface area contributed by atoms with Gasteiger partial charge in [0, 0.05) is 40.6 Å². The summed E-state index contributed by atoms with van der Waals surface area (Å²) >= 11 is 0. The second-order valence-electron chi connectivity index (χ2n) is 7.16. The number of ether oxygens (including phenoxy) is 2. The van der Waals surface area contributed by atoms with Crippen LogP contribution >= 0.6 is 0 Å². The lowest BCUT2D eigenvalue weighted by atomic mass is 9.98. The Hall–Kier alpha value is -4.33. The predicted molar refractivity (Wildman–Crippen MR) is 120 cm³/mol. The van der Waals surface area contributed by atoms with Crippen LogP contribution in [0.2, 0.25) is 0 Å². The highest BCUT2D eigenvalue weighted by atomic mass is 16.6. The van der Waals surface area contributed by atoms with Gasteiger partial charge in [-0.15, -0.1) is 0 Å². The van der Waals surface area contributed by atoms with Gasteiger partial charge in [0.1, 0.15) is 29.5 Å². The molecule has 4 aromatic rings. The fraction of sp³-hybridized carbons (Fsp3) is 0.125. The number of non-ortho nitro benzene ring substituents is 1. The zero-order chi connectivity index (χ0) is 22.7. The number of nitrogens with zero attached hydrogens (tertiary/aromatic N) is 2. The van der Waals surface area contributed by atoms with Crippen molar-refractivity contribution in [1.29, 1.82) is 0 Å². The Kier molecular flexibility index (Phi) is 5.76. The molecule has 8 nitrogen and oxygen atoms in total. The molecule has 0 aliphatic rings. The molecule has 32 heavy (non-hydrogen) atoms. The van der Waals surface area contributed by atoms with Crippen LogP contribution < -0.4 is 9.47 Å². The number of nitro benzene ring substituents is 1. The number of H-pyrrole nitrogens is 1. The van der Waals surface area contributed by atoms with Crippen molar-refractivity contribution in [3.63, 3.8) is 0 Å². The number of phenolic OH excluding ortho intramolecular Hbond substituents is 1. The summed E-state index contributed by atoms with van der Waals surface area (Å²) < 4.78 is 11.2. The minimum atomic E-state index is -0.447. The topological polar surface area (TPSA) is 111 Å². The lowest BCUT2D eigenvalue weighted by Gasteiger charge is -2.12. The molecule has 8 heteroatoms. The second-order valence-corrected chi connectivity index (χ2v) is 7.16. The highest BCUT2D eigenvalue weighted by Gasteiger charge is 2.20. The molecule has 0 spiro atoms. The van der Waals surface area contributed by atoms with E-state index >= 15 is 0 Å². The van der Waals surface area contributed by atoms with Crippen LogP contribution in [0.15, 0.2) is 66.7 Å². The molecule has 0 aliphatic carbocycles. The zero-order valence-electron chi connectivity index (χ0n) is 17.5. The van der Waals surface area contributed by atoms with Crippen molar-refractivity contribution in [2.24, 2.45) is 0 Å². The van der Waals surface area contributed by atoms with E-state index in [2.05, 4.69) is 10.2 Å². The Bertz CT molecular complexity index is 1270. The maximum absolute atomic E-state index is 10.8. The first-order chi connectivity index (χ1) is 15.5. The monoisotopic (exact) mass is 431 g/mol. The summed E-state index contributed by atoms with van der Waals surface area (Å²) in [5, 5.41) is 28.9. The van der Waals surface area contributed by atoms with Gasteiger partial charge in [-0.2, -0.15) is 5.10 Å². The van der Waals surface area contributed by atoms with Crippen molar-refractivity contribution < 1.29 is 19.5 Å². The van der Waals surface area contributed by atoms with Crippen molar-refractivity contribution in [1.82, 2.24) is 10.2 Å². The lowest BCUT2D eigenvalue weighted by Crippen LogP contribution is -1.96. The number of phenols is 1. The highest BCUT2D eigenvalue weighted by molar-refractivity contribution is 5.87. The zero-order valence-corrected chi connectivity index (χ0v) is 17.5. The fourth-order valence-corrected chi connectivity index (χ4v) is 3.49. The van der Waals surface area contributed by atoms with E-state index in [1.54, 1.807) is 31.4 Å². The molecule has 0 saturated carbocycles. The number of aromatic amines is 1. The van der Waals surface area contributed by atoms with Gasteiger partial charge in [-0.1, -0.05) is 18.2 Å². The van der Waals surface area contributed by atoms with Crippen molar-refractivity contribution in [3.05, 3.63) is 88.1 Å². The second kappa shape index (κ2) is 8.81. The number of methoxy groups -OCH3 is 1. The van der Waals surface area contributed by atoms with E-state index in [9.17, 15) is 15.2 Å².